The molecule has 0 unspecified atom stereocenters. The molecule has 0 amide bonds. The third-order valence-corrected chi connectivity index (χ3v) is 5.58. The molecule has 2 heterocycles. The largest absolute Gasteiger partial charge is 0.381 e. The fraction of sp³-hybridized carbons (Fsp3) is 0.667. The summed E-state index contributed by atoms with van der Waals surface area (Å²) in [4.78, 5) is 9.28. The minimum atomic E-state index is 0.377. The molecule has 1 aromatic rings. The van der Waals surface area contributed by atoms with Gasteiger partial charge in [-0.15, -0.1) is 0 Å². The Morgan fingerprint density at radius 2 is 1.89 bits per heavy atom. The van der Waals surface area contributed by atoms with Gasteiger partial charge in [0.1, 0.15) is 0 Å². The lowest BCUT2D eigenvalue weighted by atomic mass is 10.1. The van der Waals surface area contributed by atoms with Crippen LogP contribution in [0.4, 0.5) is 0 Å². The summed E-state index contributed by atoms with van der Waals surface area (Å²) in [7, 11) is 1.86. The lowest BCUT2D eigenvalue weighted by molar-refractivity contribution is -0.0320. The summed E-state index contributed by atoms with van der Waals surface area (Å²) in [6, 6.07) is 8.14. The summed E-state index contributed by atoms with van der Waals surface area (Å²) < 4.78 is 11.3. The Balaban J connectivity index is 1.31. The van der Waals surface area contributed by atoms with Gasteiger partial charge in [-0.2, -0.15) is 0 Å². The van der Waals surface area contributed by atoms with Crippen molar-refractivity contribution in [1.29, 1.82) is 0 Å². The fourth-order valence-corrected chi connectivity index (χ4v) is 3.79. The van der Waals surface area contributed by atoms with Crippen molar-refractivity contribution < 1.29 is 9.47 Å². The number of halogens is 1. The Morgan fingerprint density at radius 1 is 1.18 bits per heavy atom. The highest BCUT2D eigenvalue weighted by molar-refractivity contribution is 6.30. The van der Waals surface area contributed by atoms with Crippen LogP contribution >= 0.6 is 11.6 Å². The molecule has 2 fully saturated rings. The molecule has 2 aliphatic rings. The molecule has 0 radical (unpaired) electrons. The topological polar surface area (TPSA) is 49.3 Å². The van der Waals surface area contributed by atoms with E-state index in [0.29, 0.717) is 6.10 Å². The Hall–Kier alpha value is -1.34. The van der Waals surface area contributed by atoms with Crippen LogP contribution in [0.25, 0.3) is 0 Å². The van der Waals surface area contributed by atoms with Crippen LogP contribution in [0.3, 0.4) is 0 Å². The van der Waals surface area contributed by atoms with Crippen molar-refractivity contribution in [3.05, 3.63) is 34.9 Å². The van der Waals surface area contributed by atoms with Gasteiger partial charge in [0.2, 0.25) is 0 Å². The molecule has 0 spiro atoms. The van der Waals surface area contributed by atoms with Crippen molar-refractivity contribution in [1.82, 2.24) is 15.1 Å². The first-order valence-corrected chi connectivity index (χ1v) is 10.7. The van der Waals surface area contributed by atoms with E-state index in [2.05, 4.69) is 32.2 Å². The highest BCUT2D eigenvalue weighted by Gasteiger charge is 2.19. The fourth-order valence-electron chi connectivity index (χ4n) is 3.66. The summed E-state index contributed by atoms with van der Waals surface area (Å²) >= 11 is 5.97. The van der Waals surface area contributed by atoms with E-state index in [-0.39, 0.29) is 0 Å². The first-order valence-electron chi connectivity index (χ1n) is 10.4. The van der Waals surface area contributed by atoms with Crippen molar-refractivity contribution in [2.45, 2.75) is 31.9 Å². The molecule has 3 rings (SSSR count). The number of piperazine rings is 1. The number of rotatable bonds is 7. The second-order valence-corrected chi connectivity index (χ2v) is 7.84. The number of ether oxygens (including phenoxy) is 2. The van der Waals surface area contributed by atoms with Crippen molar-refractivity contribution in [3.63, 3.8) is 0 Å². The lowest BCUT2D eigenvalue weighted by Crippen LogP contribution is -2.52. The zero-order valence-electron chi connectivity index (χ0n) is 16.9. The quantitative estimate of drug-likeness (QED) is 0.427. The second-order valence-electron chi connectivity index (χ2n) is 7.40. The Labute approximate surface area is 173 Å². The normalized spacial score (nSPS) is 19.8. The van der Waals surface area contributed by atoms with Crippen LogP contribution in [0.15, 0.2) is 29.3 Å². The van der Waals surface area contributed by atoms with Crippen molar-refractivity contribution >= 4 is 17.6 Å². The Bertz CT molecular complexity index is 597. The Morgan fingerprint density at radius 3 is 2.57 bits per heavy atom. The van der Waals surface area contributed by atoms with Gasteiger partial charge in [0.05, 0.1) is 6.10 Å². The summed E-state index contributed by atoms with van der Waals surface area (Å²) in [6.45, 7) is 8.38. The smallest absolute Gasteiger partial charge is 0.193 e. The van der Waals surface area contributed by atoms with Gasteiger partial charge in [-0.3, -0.25) is 9.89 Å². The third kappa shape index (κ3) is 6.92. The van der Waals surface area contributed by atoms with Crippen LogP contribution in [0, 0.1) is 0 Å². The average molecular weight is 409 g/mol. The molecule has 156 valence electrons. The van der Waals surface area contributed by atoms with Crippen molar-refractivity contribution in [2.24, 2.45) is 4.99 Å². The SMILES string of the molecule is CN=C(NCCCOC1CCOCC1)N1CCN(Cc2ccc(Cl)cc2)CC1. The highest BCUT2D eigenvalue weighted by Crippen LogP contribution is 2.13. The van der Waals surface area contributed by atoms with Crippen LogP contribution in [-0.4, -0.2) is 81.5 Å². The summed E-state index contributed by atoms with van der Waals surface area (Å²) in [6.07, 6.45) is 3.42. The second kappa shape index (κ2) is 11.6. The Kier molecular flexibility index (Phi) is 8.86. The summed E-state index contributed by atoms with van der Waals surface area (Å²) in [5, 5.41) is 4.28. The standard InChI is InChI=1S/C21H33ClN4O2/c1-23-21(24-9-2-14-28-20-7-15-27-16-8-20)26-12-10-25(11-13-26)17-18-3-5-19(22)6-4-18/h3-6,20H,2,7-17H2,1H3,(H,23,24). The number of guanidine groups is 1. The van der Waals surface area contributed by atoms with Gasteiger partial charge in [0.25, 0.3) is 0 Å². The van der Waals surface area contributed by atoms with Crippen LogP contribution in [0.5, 0.6) is 0 Å². The summed E-state index contributed by atoms with van der Waals surface area (Å²) in [5.41, 5.74) is 1.31. The molecule has 2 saturated heterocycles. The molecule has 2 aliphatic heterocycles. The lowest BCUT2D eigenvalue weighted by Gasteiger charge is -2.36. The summed E-state index contributed by atoms with van der Waals surface area (Å²) in [5.74, 6) is 0.997. The first-order chi connectivity index (χ1) is 13.7. The third-order valence-electron chi connectivity index (χ3n) is 5.33. The van der Waals surface area contributed by atoms with Gasteiger partial charge in [-0.25, -0.2) is 0 Å². The van der Waals surface area contributed by atoms with Gasteiger partial charge >= 0.3 is 0 Å². The molecule has 28 heavy (non-hydrogen) atoms. The molecule has 0 aromatic heterocycles. The van der Waals surface area contributed by atoms with E-state index < -0.39 is 0 Å². The number of hydrogen-bond acceptors (Lipinski definition) is 4. The van der Waals surface area contributed by atoms with Crippen LogP contribution < -0.4 is 5.32 Å². The zero-order chi connectivity index (χ0) is 19.6. The number of nitrogens with one attached hydrogen (secondary N) is 1. The van der Waals surface area contributed by atoms with Gasteiger partial charge in [0.15, 0.2) is 5.96 Å². The maximum atomic E-state index is 5.97. The molecule has 0 saturated carbocycles. The molecule has 1 aromatic carbocycles. The minimum Gasteiger partial charge on any atom is -0.381 e. The highest BCUT2D eigenvalue weighted by atomic mass is 35.5. The van der Waals surface area contributed by atoms with Gasteiger partial charge in [-0.1, -0.05) is 23.7 Å². The predicted molar refractivity (Wildman–Crippen MR) is 114 cm³/mol. The zero-order valence-corrected chi connectivity index (χ0v) is 17.7. The molecule has 6 nitrogen and oxygen atoms in total. The number of nitrogens with zero attached hydrogens (tertiary/aromatic N) is 3. The van der Waals surface area contributed by atoms with E-state index in [1.807, 2.05) is 19.2 Å². The van der Waals surface area contributed by atoms with Gasteiger partial charge < -0.3 is 19.7 Å². The van der Waals surface area contributed by atoms with Crippen molar-refractivity contribution in [3.8, 4) is 0 Å². The maximum Gasteiger partial charge on any atom is 0.193 e. The number of hydrogen-bond donors (Lipinski definition) is 1. The first kappa shape index (κ1) is 21.4. The van der Waals surface area contributed by atoms with E-state index >= 15 is 0 Å². The van der Waals surface area contributed by atoms with Crippen LogP contribution in [0.2, 0.25) is 5.02 Å². The van der Waals surface area contributed by atoms with E-state index in [1.54, 1.807) is 0 Å². The van der Waals surface area contributed by atoms with Gasteiger partial charge in [-0.05, 0) is 37.0 Å². The van der Waals surface area contributed by atoms with Crippen LogP contribution in [0.1, 0.15) is 24.8 Å². The molecule has 1 N–H and O–H groups in total. The molecule has 0 bridgehead atoms. The minimum absolute atomic E-state index is 0.377. The molecular formula is C21H33ClN4O2. The van der Waals surface area contributed by atoms with E-state index in [9.17, 15) is 0 Å². The van der Waals surface area contributed by atoms with E-state index in [4.69, 9.17) is 21.1 Å². The number of aliphatic imine (C=N–C) groups is 1. The molecule has 7 heteroatoms. The maximum absolute atomic E-state index is 5.97. The van der Waals surface area contributed by atoms with Crippen LogP contribution in [-0.2, 0) is 16.0 Å². The monoisotopic (exact) mass is 408 g/mol. The van der Waals surface area contributed by atoms with Crippen molar-refractivity contribution in [2.75, 3.05) is 59.6 Å². The van der Waals surface area contributed by atoms with Gasteiger partial charge in [0, 0.05) is 71.2 Å². The number of benzene rings is 1. The van der Waals surface area contributed by atoms with E-state index in [1.165, 1.54) is 5.56 Å². The molecule has 0 aliphatic carbocycles. The van der Waals surface area contributed by atoms with E-state index in [0.717, 1.165) is 89.3 Å². The molecule has 0 atom stereocenters. The molecular weight excluding hydrogens is 376 g/mol. The predicted octanol–water partition coefficient (Wildman–Crippen LogP) is 2.62. The average Bonchev–Trinajstić information content (AvgIpc) is 2.74.